The fourth-order valence-corrected chi connectivity index (χ4v) is 4.93. The van der Waals surface area contributed by atoms with Crippen molar-refractivity contribution in [3.8, 4) is 16.9 Å². The van der Waals surface area contributed by atoms with Gasteiger partial charge in [-0.15, -0.1) is 0 Å². The monoisotopic (exact) mass is 468 g/mol. The molecule has 10 heteroatoms. The largest absolute Gasteiger partial charge is 0.530 e. The normalized spacial score (nSPS) is 23.8. The van der Waals surface area contributed by atoms with Gasteiger partial charge in [0.2, 0.25) is 0 Å². The summed E-state index contributed by atoms with van der Waals surface area (Å²) < 4.78 is 37.0. The van der Waals surface area contributed by atoms with Crippen LogP contribution in [0.4, 0.5) is 0 Å². The number of nitrogens with one attached hydrogen (secondary N) is 1. The van der Waals surface area contributed by atoms with E-state index in [1.54, 1.807) is 19.1 Å². The first-order valence-electron chi connectivity index (χ1n) is 10.3. The highest BCUT2D eigenvalue weighted by atomic mass is 31.2. The zero-order valence-electron chi connectivity index (χ0n) is 17.7. The molecule has 2 aliphatic rings. The molecule has 0 radical (unpaired) electrons. The van der Waals surface area contributed by atoms with Crippen LogP contribution in [-0.4, -0.2) is 22.3 Å². The van der Waals surface area contributed by atoms with E-state index < -0.39 is 31.4 Å². The summed E-state index contributed by atoms with van der Waals surface area (Å²) in [6.45, 7) is 1.58. The van der Waals surface area contributed by atoms with Crippen molar-refractivity contribution in [2.24, 2.45) is 0 Å². The predicted octanol–water partition coefficient (Wildman–Crippen LogP) is 3.70. The lowest BCUT2D eigenvalue weighted by Crippen LogP contribution is -2.33. The SMILES string of the molecule is Cc1cn([C@H]2C=C[C@@H](COP3(=O)OCc4cccc(-c5ccccc5)c4O3)O2)c(=O)[nH]c1=O. The van der Waals surface area contributed by atoms with Crippen molar-refractivity contribution in [3.05, 3.63) is 98.8 Å². The van der Waals surface area contributed by atoms with Crippen LogP contribution < -0.4 is 15.8 Å². The number of hydrogen-bond donors (Lipinski definition) is 1. The molecular weight excluding hydrogens is 447 g/mol. The zero-order chi connectivity index (χ0) is 23.0. The highest BCUT2D eigenvalue weighted by Gasteiger charge is 2.37. The Morgan fingerprint density at radius 3 is 2.76 bits per heavy atom. The maximum atomic E-state index is 13.2. The van der Waals surface area contributed by atoms with E-state index in [2.05, 4.69) is 4.98 Å². The number of H-pyrrole nitrogens is 1. The molecule has 2 aliphatic heterocycles. The molecule has 0 amide bonds. The lowest BCUT2D eigenvalue weighted by Gasteiger charge is -2.27. The second-order valence-corrected chi connectivity index (χ2v) is 9.29. The summed E-state index contributed by atoms with van der Waals surface area (Å²) >= 11 is 0. The standard InChI is InChI=1S/C23H21N2O7P/c1-15-12-25(23(27)24-22(15)26)20-11-10-18(31-20)14-30-33(28)29-13-17-8-5-9-19(21(17)32-33)16-6-3-2-4-7-16/h2-12,18,20H,13-14H2,1H3,(H,24,26,27)/t18-,20+,33?/m0/s1. The molecule has 1 aromatic heterocycles. The van der Waals surface area contributed by atoms with Gasteiger partial charge < -0.3 is 9.26 Å². The van der Waals surface area contributed by atoms with E-state index in [0.29, 0.717) is 11.3 Å². The van der Waals surface area contributed by atoms with Gasteiger partial charge in [0.15, 0.2) is 6.23 Å². The number of benzene rings is 2. The van der Waals surface area contributed by atoms with Gasteiger partial charge in [-0.2, -0.15) is 0 Å². The van der Waals surface area contributed by atoms with Crippen molar-refractivity contribution in [1.29, 1.82) is 0 Å². The maximum absolute atomic E-state index is 13.2. The van der Waals surface area contributed by atoms with Crippen LogP contribution in [0.25, 0.3) is 11.1 Å². The van der Waals surface area contributed by atoms with Gasteiger partial charge >= 0.3 is 13.5 Å². The second kappa shape index (κ2) is 8.61. The van der Waals surface area contributed by atoms with Crippen molar-refractivity contribution in [2.45, 2.75) is 25.9 Å². The zero-order valence-corrected chi connectivity index (χ0v) is 18.6. The van der Waals surface area contributed by atoms with E-state index in [1.165, 1.54) is 10.8 Å². The van der Waals surface area contributed by atoms with Crippen LogP contribution in [0.15, 0.2) is 76.5 Å². The molecule has 1 N–H and O–H groups in total. The van der Waals surface area contributed by atoms with Crippen molar-refractivity contribution in [2.75, 3.05) is 6.61 Å². The van der Waals surface area contributed by atoms with Crippen molar-refractivity contribution in [1.82, 2.24) is 9.55 Å². The van der Waals surface area contributed by atoms with E-state index in [-0.39, 0.29) is 13.2 Å². The van der Waals surface area contributed by atoms with Gasteiger partial charge in [0.25, 0.3) is 5.56 Å². The van der Waals surface area contributed by atoms with Gasteiger partial charge in [-0.05, 0) is 18.6 Å². The first kappa shape index (κ1) is 21.6. The first-order valence-corrected chi connectivity index (χ1v) is 11.8. The van der Waals surface area contributed by atoms with Gasteiger partial charge in [0, 0.05) is 22.9 Å². The summed E-state index contributed by atoms with van der Waals surface area (Å²) in [5, 5.41) is 0. The summed E-state index contributed by atoms with van der Waals surface area (Å²) in [6, 6.07) is 15.3. The van der Waals surface area contributed by atoms with Gasteiger partial charge in [0.05, 0.1) is 13.2 Å². The number of fused-ring (bicyclic) bond motifs is 1. The fraction of sp³-hybridized carbons (Fsp3) is 0.217. The Morgan fingerprint density at radius 2 is 1.94 bits per heavy atom. The lowest BCUT2D eigenvalue weighted by molar-refractivity contribution is -0.0130. The molecule has 3 heterocycles. The quantitative estimate of drug-likeness (QED) is 0.449. The Kier molecular flexibility index (Phi) is 5.64. The molecule has 3 atom stereocenters. The van der Waals surface area contributed by atoms with E-state index >= 15 is 0 Å². The molecule has 0 saturated carbocycles. The van der Waals surface area contributed by atoms with E-state index in [0.717, 1.165) is 16.7 Å². The van der Waals surface area contributed by atoms with Crippen LogP contribution in [0.5, 0.6) is 5.75 Å². The average molecular weight is 468 g/mol. The van der Waals surface area contributed by atoms with Crippen LogP contribution >= 0.6 is 7.82 Å². The second-order valence-electron chi connectivity index (χ2n) is 7.70. The maximum Gasteiger partial charge on any atom is 0.530 e. The molecule has 0 saturated heterocycles. The van der Waals surface area contributed by atoms with Crippen LogP contribution in [0, 0.1) is 6.92 Å². The number of phosphoric ester groups is 1. The number of para-hydroxylation sites is 1. The van der Waals surface area contributed by atoms with Gasteiger partial charge in [-0.1, -0.05) is 54.6 Å². The summed E-state index contributed by atoms with van der Waals surface area (Å²) in [7, 11) is -3.89. The van der Waals surface area contributed by atoms with Crippen molar-refractivity contribution >= 4 is 7.82 Å². The molecule has 0 bridgehead atoms. The number of aryl methyl sites for hydroxylation is 1. The summed E-state index contributed by atoms with van der Waals surface area (Å²) in [5.41, 5.74) is 1.85. The van der Waals surface area contributed by atoms with Gasteiger partial charge in [0.1, 0.15) is 11.9 Å². The van der Waals surface area contributed by atoms with Gasteiger partial charge in [-0.3, -0.25) is 23.4 Å². The molecule has 2 aromatic carbocycles. The summed E-state index contributed by atoms with van der Waals surface area (Å²) in [6.07, 6.45) is 3.47. The minimum Gasteiger partial charge on any atom is -0.403 e. The number of aromatic amines is 1. The van der Waals surface area contributed by atoms with Crippen molar-refractivity contribution in [3.63, 3.8) is 0 Å². The number of rotatable bonds is 5. The number of nitrogens with zero attached hydrogens (tertiary/aromatic N) is 1. The minimum absolute atomic E-state index is 0.0866. The van der Waals surface area contributed by atoms with E-state index in [9.17, 15) is 14.2 Å². The molecular formula is C23H21N2O7P. The highest BCUT2D eigenvalue weighted by molar-refractivity contribution is 7.49. The van der Waals surface area contributed by atoms with Crippen LogP contribution in [-0.2, 0) is 25.0 Å². The number of phosphoric acid groups is 1. The topological polar surface area (TPSA) is 109 Å². The smallest absolute Gasteiger partial charge is 0.403 e. The average Bonchev–Trinajstić information content (AvgIpc) is 3.29. The van der Waals surface area contributed by atoms with E-state index in [1.807, 2.05) is 48.5 Å². The van der Waals surface area contributed by atoms with Crippen molar-refractivity contribution < 1.29 is 22.9 Å². The predicted molar refractivity (Wildman–Crippen MR) is 120 cm³/mol. The molecule has 1 unspecified atom stereocenters. The van der Waals surface area contributed by atoms with Crippen LogP contribution in [0.2, 0.25) is 0 Å². The highest BCUT2D eigenvalue weighted by Crippen LogP contribution is 2.56. The summed E-state index contributed by atoms with van der Waals surface area (Å²) in [4.78, 5) is 25.9. The minimum atomic E-state index is -3.89. The molecule has 0 spiro atoms. The Morgan fingerprint density at radius 1 is 1.12 bits per heavy atom. The molecule has 33 heavy (non-hydrogen) atoms. The Hall–Kier alpha value is -3.23. The lowest BCUT2D eigenvalue weighted by atomic mass is 10.0. The third kappa shape index (κ3) is 4.36. The Labute approximate surface area is 188 Å². The van der Waals surface area contributed by atoms with Crippen LogP contribution in [0.3, 0.4) is 0 Å². The third-order valence-corrected chi connectivity index (χ3v) is 6.70. The number of hydrogen-bond acceptors (Lipinski definition) is 7. The number of aromatic nitrogens is 2. The molecule has 170 valence electrons. The Balaban J connectivity index is 1.28. The van der Waals surface area contributed by atoms with Gasteiger partial charge in [-0.25, -0.2) is 9.36 Å². The third-order valence-electron chi connectivity index (χ3n) is 5.38. The fourth-order valence-electron chi connectivity index (χ4n) is 3.68. The number of ether oxygens (including phenoxy) is 1. The van der Waals surface area contributed by atoms with E-state index in [4.69, 9.17) is 18.3 Å². The van der Waals surface area contributed by atoms with Crippen LogP contribution in [0.1, 0.15) is 17.4 Å². The molecule has 0 fully saturated rings. The Bertz CT molecular complexity index is 1380. The molecule has 3 aromatic rings. The summed E-state index contributed by atoms with van der Waals surface area (Å²) in [5.74, 6) is 0.467. The first-order chi connectivity index (χ1) is 15.9. The molecule has 0 aliphatic carbocycles. The molecule has 9 nitrogen and oxygen atoms in total. The molecule has 5 rings (SSSR count).